The molecule has 2 aromatic rings. The molecule has 2 saturated heterocycles. The van der Waals surface area contributed by atoms with Crippen LogP contribution in [0.1, 0.15) is 102 Å². The number of epoxide rings is 1. The first kappa shape index (κ1) is 73.8. The van der Waals surface area contributed by atoms with Gasteiger partial charge >= 0.3 is 24.1 Å². The summed E-state index contributed by atoms with van der Waals surface area (Å²) in [5, 5.41) is 25.5. The zero-order valence-electron chi connectivity index (χ0n) is 52.5. The second-order valence-electron chi connectivity index (χ2n) is 23.3. The number of primary amides is 1. The van der Waals surface area contributed by atoms with E-state index in [1.54, 1.807) is 58.1 Å². The number of benzene rings is 2. The third-order valence-corrected chi connectivity index (χ3v) is 18.2. The zero-order valence-corrected chi connectivity index (χ0v) is 55.6. The summed E-state index contributed by atoms with van der Waals surface area (Å²) in [4.78, 5) is 122. The Morgan fingerprint density at radius 3 is 2.39 bits per heavy atom. The first-order valence-electron chi connectivity index (χ1n) is 29.2. The van der Waals surface area contributed by atoms with Gasteiger partial charge in [0.05, 0.1) is 54.6 Å². The maximum Gasteiger partial charge on any atom is 0.409 e. The summed E-state index contributed by atoms with van der Waals surface area (Å²) in [6.07, 6.45) is 2.18. The lowest BCUT2D eigenvalue weighted by Gasteiger charge is -2.42. The van der Waals surface area contributed by atoms with Gasteiger partial charge in [0.25, 0.3) is 5.91 Å². The standard InChI is InChI=1S/C61H84BrClN8O18S/c1-33(2)51(66-40(32-72)18-13-14-24-86-56(77)35(4)31-62)54(75)68-42(19-16-23-65-58(64)79)53(74)67-41-22-21-39(28-46(41)90(12,82)83)55(76)70(8)37(6)57(78)88-48-29-49(73)71(9)43-26-38(27-44(84-10)50(43)63)25-34(3)17-15-20-47(85-11)61(81)30-45(87-59(80)69-61)36(5)52-60(48,7)89-52/h15,17,20-22,26-28,32-33,36-37,40,42,45,47-48,51-52,66,81H,4,13-14,16,18-19,23-25,29-31H2,1-3,5-12H3,(H,67,74)(H,68,75)(H,69,80)(H3,64,65,79)/b20-15+,34-17+/t36-,37+,40?,42+,45+,47-,48+,51+,52+,60+,61+/m1/s1. The van der Waals surface area contributed by atoms with Gasteiger partial charge in [-0.15, -0.1) is 0 Å². The van der Waals surface area contributed by atoms with Crippen LogP contribution in [0.5, 0.6) is 5.75 Å². The normalized spacial score (nSPS) is 24.1. The van der Waals surface area contributed by atoms with Crippen LogP contribution in [0.15, 0.2) is 71.2 Å². The number of alkyl carbamates (subject to hydrolysis) is 1. The molecule has 3 heterocycles. The highest BCUT2D eigenvalue weighted by Gasteiger charge is 2.64. The summed E-state index contributed by atoms with van der Waals surface area (Å²) >= 11 is 10.00. The molecule has 3 aliphatic heterocycles. The summed E-state index contributed by atoms with van der Waals surface area (Å²) in [6, 6.07) is 1.37. The predicted molar refractivity (Wildman–Crippen MR) is 337 cm³/mol. The maximum absolute atomic E-state index is 14.6. The molecule has 2 fully saturated rings. The van der Waals surface area contributed by atoms with Crippen LogP contribution in [0.25, 0.3) is 0 Å². The number of carbonyl (C=O) groups excluding carboxylic acids is 9. The topological polar surface area (TPSA) is 359 Å². The number of allylic oxidation sites excluding steroid dienone is 3. The van der Waals surface area contributed by atoms with Gasteiger partial charge in [0, 0.05) is 62.8 Å². The maximum atomic E-state index is 14.6. The molecule has 11 atom stereocenters. The fourth-order valence-corrected chi connectivity index (χ4v) is 11.9. The van der Waals surface area contributed by atoms with Crippen molar-refractivity contribution in [3.05, 3.63) is 82.4 Å². The molecule has 0 spiro atoms. The van der Waals surface area contributed by atoms with Gasteiger partial charge in [-0.25, -0.2) is 27.6 Å². The van der Waals surface area contributed by atoms with Gasteiger partial charge in [0.1, 0.15) is 53.1 Å². The van der Waals surface area contributed by atoms with Crippen molar-refractivity contribution in [1.82, 2.24) is 26.2 Å². The molecule has 1 unspecified atom stereocenters. The molecule has 2 aromatic carbocycles. The molecule has 0 aliphatic carbocycles. The number of likely N-dealkylation sites (N-methyl/N-ethyl adjacent to an activating group) is 1. The SMILES string of the molecule is C=C(CBr)C(=O)OCCCCC(C=O)N[C@H](C(=O)N[C@@H](CCCNC(N)=O)C(=O)Nc1ccc(C(=O)N(C)[C@@H](C)C(=O)O[C@H]2CC(=O)N(C)c3cc(cc(OC)c3Cl)C/C(C)=C/C=C/[C@@H](OC)[C@@]3(O)C[C@H](OC(=O)N3)[C@@H](C)[C@@H]3O[C@@]23C)cc1S(C)(=O)=O)C(C)C. The molecular formula is C61H84BrClN8O18S. The van der Waals surface area contributed by atoms with Gasteiger partial charge in [-0.05, 0) is 101 Å². The van der Waals surface area contributed by atoms with E-state index in [1.165, 1.54) is 52.3 Å². The Morgan fingerprint density at radius 2 is 1.77 bits per heavy atom. The summed E-state index contributed by atoms with van der Waals surface area (Å²) < 4.78 is 61.7. The van der Waals surface area contributed by atoms with Crippen LogP contribution in [-0.2, 0) is 68.7 Å². The number of rotatable bonds is 26. The number of urea groups is 1. The number of unbranched alkanes of at least 4 members (excludes halogenated alkanes) is 1. The highest BCUT2D eigenvalue weighted by molar-refractivity contribution is 9.09. The number of aldehydes is 1. The van der Waals surface area contributed by atoms with Crippen molar-refractivity contribution in [3.8, 4) is 5.75 Å². The highest BCUT2D eigenvalue weighted by Crippen LogP contribution is 2.49. The smallest absolute Gasteiger partial charge is 0.409 e. The number of aliphatic hydroxyl groups is 1. The Morgan fingerprint density at radius 1 is 1.07 bits per heavy atom. The average molecular weight is 1360 g/mol. The molecule has 7 amide bonds. The number of hydrogen-bond acceptors (Lipinski definition) is 19. The third-order valence-electron chi connectivity index (χ3n) is 16.0. The second kappa shape index (κ2) is 32.4. The number of nitrogens with zero attached hydrogens (tertiary/aromatic N) is 2. The number of anilines is 2. The number of amides is 7. The van der Waals surface area contributed by atoms with Crippen LogP contribution in [-0.4, -0.2) is 185 Å². The lowest BCUT2D eigenvalue weighted by molar-refractivity contribution is -0.158. The number of ether oxygens (including phenoxy) is 6. The number of methoxy groups -OCH3 is 2. The molecule has 4 bridgehead atoms. The summed E-state index contributed by atoms with van der Waals surface area (Å²) in [5.41, 5.74) is 3.41. The average Bonchev–Trinajstić information content (AvgIpc) is 1.57. The number of nitrogens with one attached hydrogen (secondary N) is 5. The van der Waals surface area contributed by atoms with E-state index in [-0.39, 0.29) is 77.4 Å². The largest absolute Gasteiger partial charge is 0.495 e. The van der Waals surface area contributed by atoms with Gasteiger partial charge < -0.3 is 69.8 Å². The molecule has 496 valence electrons. The monoisotopic (exact) mass is 1360 g/mol. The molecule has 3 aliphatic rings. The Hall–Kier alpha value is -6.95. The van der Waals surface area contributed by atoms with Gasteiger partial charge in [-0.2, -0.15) is 0 Å². The van der Waals surface area contributed by atoms with Crippen LogP contribution in [0, 0.1) is 11.8 Å². The van der Waals surface area contributed by atoms with Crippen molar-refractivity contribution in [2.24, 2.45) is 17.6 Å². The number of alkyl halides is 1. The molecule has 5 rings (SSSR count). The minimum Gasteiger partial charge on any atom is -0.495 e. The molecule has 0 saturated carbocycles. The van der Waals surface area contributed by atoms with Crippen LogP contribution in [0.4, 0.5) is 21.0 Å². The number of hydrogen-bond donors (Lipinski definition) is 7. The molecule has 8 N–H and O–H groups in total. The Bertz CT molecular complexity index is 3200. The first-order chi connectivity index (χ1) is 42.2. The fraction of sp³-hybridized carbons (Fsp3) is 0.557. The summed E-state index contributed by atoms with van der Waals surface area (Å²) in [6.45, 7) is 13.7. The van der Waals surface area contributed by atoms with E-state index < -0.39 is 141 Å². The van der Waals surface area contributed by atoms with Gasteiger partial charge in [0.15, 0.2) is 15.6 Å². The molecule has 29 heteroatoms. The van der Waals surface area contributed by atoms with Crippen LogP contribution < -0.4 is 42.0 Å². The van der Waals surface area contributed by atoms with Crippen LogP contribution in [0.3, 0.4) is 0 Å². The lowest BCUT2D eigenvalue weighted by atomic mass is 9.83. The van der Waals surface area contributed by atoms with Gasteiger partial charge in [-0.3, -0.25) is 29.8 Å². The summed E-state index contributed by atoms with van der Waals surface area (Å²) in [5.74, 6) is -5.43. The van der Waals surface area contributed by atoms with E-state index >= 15 is 0 Å². The van der Waals surface area contributed by atoms with E-state index in [0.29, 0.717) is 31.1 Å². The van der Waals surface area contributed by atoms with E-state index in [2.05, 4.69) is 49.1 Å². The number of esters is 2. The van der Waals surface area contributed by atoms with Crippen LogP contribution >= 0.6 is 27.5 Å². The number of sulfone groups is 1. The van der Waals surface area contributed by atoms with Crippen molar-refractivity contribution >= 4 is 103 Å². The van der Waals surface area contributed by atoms with Gasteiger partial charge in [-0.1, -0.05) is 78.7 Å². The fourth-order valence-electron chi connectivity index (χ4n) is 10.5. The molecule has 90 heavy (non-hydrogen) atoms. The lowest BCUT2D eigenvalue weighted by Crippen LogP contribution is -2.63. The Kier molecular flexibility index (Phi) is 26.5. The second-order valence-corrected chi connectivity index (χ2v) is 26.2. The molecule has 26 nitrogen and oxygen atoms in total. The zero-order chi connectivity index (χ0) is 67.2. The molecular weight excluding hydrogens is 1280 g/mol. The molecule has 0 aromatic heterocycles. The van der Waals surface area contributed by atoms with Crippen molar-refractivity contribution in [2.45, 2.75) is 158 Å². The third kappa shape index (κ3) is 19.3. The van der Waals surface area contributed by atoms with Crippen LogP contribution in [0.2, 0.25) is 5.02 Å². The van der Waals surface area contributed by atoms with Crippen molar-refractivity contribution in [1.29, 1.82) is 0 Å². The minimum atomic E-state index is -4.27. The number of fused-ring (bicyclic) bond motifs is 5. The minimum absolute atomic E-state index is 0.00279. The van der Waals surface area contributed by atoms with E-state index in [1.807, 2.05) is 6.92 Å². The summed E-state index contributed by atoms with van der Waals surface area (Å²) in [7, 11) is 1.29. The van der Waals surface area contributed by atoms with E-state index in [9.17, 15) is 56.7 Å². The Balaban J connectivity index is 1.40. The van der Waals surface area contributed by atoms with Crippen molar-refractivity contribution in [3.63, 3.8) is 0 Å². The quantitative estimate of drug-likeness (QED) is 0.0125. The highest BCUT2D eigenvalue weighted by atomic mass is 79.9. The van der Waals surface area contributed by atoms with Gasteiger partial charge in [0.2, 0.25) is 17.7 Å². The van der Waals surface area contributed by atoms with Crippen molar-refractivity contribution in [2.75, 3.05) is 63.3 Å². The number of carbonyl (C=O) groups is 9. The predicted octanol–water partition coefficient (Wildman–Crippen LogP) is 4.95. The van der Waals surface area contributed by atoms with E-state index in [0.717, 1.165) is 22.8 Å². The number of nitrogens with two attached hydrogens (primary N) is 1. The van der Waals surface area contributed by atoms with E-state index in [4.69, 9.17) is 45.8 Å². The number of halogens is 2. The first-order valence-corrected chi connectivity index (χ1v) is 32.6. The molecule has 0 radical (unpaired) electrons. The Labute approximate surface area is 538 Å². The van der Waals surface area contributed by atoms with Crippen molar-refractivity contribution < 1.29 is 85.1 Å².